The van der Waals surface area contributed by atoms with Crippen LogP contribution in [0.1, 0.15) is 19.4 Å². The minimum absolute atomic E-state index is 0.0328. The zero-order valence-electron chi connectivity index (χ0n) is 13.8. The highest BCUT2D eigenvalue weighted by molar-refractivity contribution is 7.92. The van der Waals surface area contributed by atoms with Gasteiger partial charge in [0, 0.05) is 12.1 Å². The first-order valence-corrected chi connectivity index (χ1v) is 9.08. The fourth-order valence-electron chi connectivity index (χ4n) is 2.37. The SMILES string of the molecule is [CH2]c1cccc(N[C@H](C(C)C)S(=O)(=O)c2ccc([N+](=O)[O-])cc2)c1O. The second-order valence-electron chi connectivity index (χ2n) is 5.92. The lowest BCUT2D eigenvalue weighted by Gasteiger charge is -2.24. The fourth-order valence-corrected chi connectivity index (χ4v) is 4.18. The molecule has 133 valence electrons. The van der Waals surface area contributed by atoms with Gasteiger partial charge in [0.2, 0.25) is 0 Å². The Balaban J connectivity index is 2.41. The van der Waals surface area contributed by atoms with Crippen molar-refractivity contribution in [1.29, 1.82) is 0 Å². The van der Waals surface area contributed by atoms with Crippen molar-refractivity contribution in [1.82, 2.24) is 0 Å². The van der Waals surface area contributed by atoms with E-state index in [2.05, 4.69) is 12.2 Å². The number of nitro groups is 1. The van der Waals surface area contributed by atoms with Gasteiger partial charge >= 0.3 is 0 Å². The van der Waals surface area contributed by atoms with Crippen LogP contribution in [0.15, 0.2) is 47.4 Å². The van der Waals surface area contributed by atoms with Gasteiger partial charge in [0.05, 0.1) is 15.5 Å². The van der Waals surface area contributed by atoms with Gasteiger partial charge in [0.1, 0.15) is 11.1 Å². The molecule has 7 nitrogen and oxygen atoms in total. The predicted octanol–water partition coefficient (Wildman–Crippen LogP) is 3.35. The van der Waals surface area contributed by atoms with Crippen molar-refractivity contribution in [2.45, 2.75) is 24.1 Å². The number of phenolic OH excluding ortho intramolecular Hbond substituents is 1. The maximum absolute atomic E-state index is 12.9. The topological polar surface area (TPSA) is 110 Å². The first-order valence-electron chi connectivity index (χ1n) is 7.53. The number of rotatable bonds is 6. The molecule has 0 saturated carbocycles. The molecular formula is C17H19N2O5S. The van der Waals surface area contributed by atoms with Crippen LogP contribution in [-0.4, -0.2) is 23.8 Å². The van der Waals surface area contributed by atoms with E-state index in [1.807, 2.05) is 0 Å². The molecule has 0 unspecified atom stereocenters. The second-order valence-corrected chi connectivity index (χ2v) is 7.99. The van der Waals surface area contributed by atoms with Crippen molar-refractivity contribution in [2.24, 2.45) is 5.92 Å². The molecule has 0 aliphatic heterocycles. The second kappa shape index (κ2) is 7.10. The van der Waals surface area contributed by atoms with E-state index in [1.165, 1.54) is 12.1 Å². The van der Waals surface area contributed by atoms with E-state index in [4.69, 9.17) is 0 Å². The van der Waals surface area contributed by atoms with Gasteiger partial charge in [-0.15, -0.1) is 0 Å². The standard InChI is InChI=1S/C17H19N2O5S/c1-11(2)17(18-15-6-4-5-12(3)16(15)20)25(23,24)14-9-7-13(8-10-14)19(21)22/h4-11,17-18,20H,3H2,1-2H3/t17-/m0/s1. The van der Waals surface area contributed by atoms with Crippen LogP contribution in [0.3, 0.4) is 0 Å². The third-order valence-electron chi connectivity index (χ3n) is 3.73. The Bertz CT molecular complexity index is 876. The molecule has 0 aliphatic rings. The summed E-state index contributed by atoms with van der Waals surface area (Å²) in [4.78, 5) is 10.1. The summed E-state index contributed by atoms with van der Waals surface area (Å²) in [6, 6.07) is 9.54. The first kappa shape index (κ1) is 18.7. The van der Waals surface area contributed by atoms with Crippen LogP contribution in [0.25, 0.3) is 0 Å². The van der Waals surface area contributed by atoms with E-state index in [0.29, 0.717) is 5.56 Å². The largest absolute Gasteiger partial charge is 0.505 e. The highest BCUT2D eigenvalue weighted by atomic mass is 32.2. The predicted molar refractivity (Wildman–Crippen MR) is 95.1 cm³/mol. The van der Waals surface area contributed by atoms with Crippen LogP contribution in [0, 0.1) is 23.0 Å². The monoisotopic (exact) mass is 363 g/mol. The summed E-state index contributed by atoms with van der Waals surface area (Å²) in [5.74, 6) is -0.444. The normalized spacial score (nSPS) is 12.8. The number of anilines is 1. The number of nitrogens with one attached hydrogen (secondary N) is 1. The zero-order valence-corrected chi connectivity index (χ0v) is 14.7. The number of nitrogens with zero attached hydrogens (tertiary/aromatic N) is 1. The van der Waals surface area contributed by atoms with E-state index in [0.717, 1.165) is 12.1 Å². The van der Waals surface area contributed by atoms with Crippen LogP contribution < -0.4 is 5.32 Å². The summed E-state index contributed by atoms with van der Waals surface area (Å²) in [6.45, 7) is 7.13. The lowest BCUT2D eigenvalue weighted by molar-refractivity contribution is -0.384. The number of phenols is 1. The number of hydrogen-bond donors (Lipinski definition) is 2. The molecule has 0 heterocycles. The molecule has 0 amide bonds. The molecule has 25 heavy (non-hydrogen) atoms. The summed E-state index contributed by atoms with van der Waals surface area (Å²) in [5.41, 5.74) is 0.451. The number of non-ortho nitro benzene ring substituents is 1. The molecular weight excluding hydrogens is 344 g/mol. The molecule has 1 radical (unpaired) electrons. The Morgan fingerprint density at radius 2 is 1.76 bits per heavy atom. The molecule has 0 fully saturated rings. The van der Waals surface area contributed by atoms with Crippen LogP contribution in [-0.2, 0) is 9.84 Å². The molecule has 8 heteroatoms. The minimum atomic E-state index is -3.84. The Morgan fingerprint density at radius 1 is 1.16 bits per heavy atom. The molecule has 0 saturated heterocycles. The third-order valence-corrected chi connectivity index (χ3v) is 5.99. The molecule has 0 aromatic heterocycles. The highest BCUT2D eigenvalue weighted by Crippen LogP contribution is 2.31. The molecule has 0 aliphatic carbocycles. The van der Waals surface area contributed by atoms with E-state index >= 15 is 0 Å². The Hall–Kier alpha value is -2.61. The quantitative estimate of drug-likeness (QED) is 0.463. The van der Waals surface area contributed by atoms with Crippen LogP contribution in [0.5, 0.6) is 5.75 Å². The molecule has 1 atom stereocenters. The Labute approximate surface area is 146 Å². The lowest BCUT2D eigenvalue weighted by Crippen LogP contribution is -2.34. The van der Waals surface area contributed by atoms with Gasteiger partial charge < -0.3 is 10.4 Å². The Kier molecular flexibility index (Phi) is 5.32. The summed E-state index contributed by atoms with van der Waals surface area (Å²) >= 11 is 0. The number of hydrogen-bond acceptors (Lipinski definition) is 6. The van der Waals surface area contributed by atoms with E-state index < -0.39 is 20.1 Å². The smallest absolute Gasteiger partial charge is 0.269 e. The third kappa shape index (κ3) is 3.90. The number of para-hydroxylation sites is 1. The van der Waals surface area contributed by atoms with E-state index in [9.17, 15) is 23.6 Å². The lowest BCUT2D eigenvalue weighted by atomic mass is 10.1. The molecule has 2 N–H and O–H groups in total. The van der Waals surface area contributed by atoms with Crippen LogP contribution in [0.4, 0.5) is 11.4 Å². The number of sulfone groups is 1. The van der Waals surface area contributed by atoms with Crippen molar-refractivity contribution in [2.75, 3.05) is 5.32 Å². The van der Waals surface area contributed by atoms with Crippen molar-refractivity contribution in [3.8, 4) is 5.75 Å². The number of nitro benzene ring substituents is 1. The maximum Gasteiger partial charge on any atom is 0.269 e. The van der Waals surface area contributed by atoms with Crippen molar-refractivity contribution in [3.63, 3.8) is 0 Å². The molecule has 2 aromatic carbocycles. The average molecular weight is 363 g/mol. The molecule has 2 rings (SSSR count). The molecule has 2 aromatic rings. The summed E-state index contributed by atoms with van der Waals surface area (Å²) in [6.07, 6.45) is 0. The first-order chi connectivity index (χ1) is 11.6. The zero-order chi connectivity index (χ0) is 18.8. The van der Waals surface area contributed by atoms with E-state index in [-0.39, 0.29) is 27.9 Å². The van der Waals surface area contributed by atoms with E-state index in [1.54, 1.807) is 32.0 Å². The van der Waals surface area contributed by atoms with Gasteiger partial charge in [0.15, 0.2) is 9.84 Å². The van der Waals surface area contributed by atoms with Crippen molar-refractivity contribution < 1.29 is 18.4 Å². The average Bonchev–Trinajstić information content (AvgIpc) is 2.55. The summed E-state index contributed by atoms with van der Waals surface area (Å²) in [5, 5.41) is 22.6. The Morgan fingerprint density at radius 3 is 2.28 bits per heavy atom. The summed E-state index contributed by atoms with van der Waals surface area (Å²) < 4.78 is 25.9. The van der Waals surface area contributed by atoms with Crippen molar-refractivity contribution in [3.05, 3.63) is 65.1 Å². The van der Waals surface area contributed by atoms with Gasteiger partial charge in [-0.2, -0.15) is 0 Å². The van der Waals surface area contributed by atoms with Gasteiger partial charge in [-0.25, -0.2) is 8.42 Å². The van der Waals surface area contributed by atoms with Crippen LogP contribution in [0.2, 0.25) is 0 Å². The highest BCUT2D eigenvalue weighted by Gasteiger charge is 2.31. The van der Waals surface area contributed by atoms with Crippen molar-refractivity contribution >= 4 is 21.2 Å². The van der Waals surface area contributed by atoms with Gasteiger partial charge in [-0.3, -0.25) is 10.1 Å². The minimum Gasteiger partial charge on any atom is -0.505 e. The van der Waals surface area contributed by atoms with Gasteiger partial charge in [-0.1, -0.05) is 26.0 Å². The van der Waals surface area contributed by atoms with Gasteiger partial charge in [-0.05, 0) is 36.6 Å². The summed E-state index contributed by atoms with van der Waals surface area (Å²) in [7, 11) is -3.84. The number of benzene rings is 2. The van der Waals surface area contributed by atoms with Gasteiger partial charge in [0.25, 0.3) is 5.69 Å². The van der Waals surface area contributed by atoms with Crippen LogP contribution >= 0.6 is 0 Å². The fraction of sp³-hybridized carbons (Fsp3) is 0.235. The number of aromatic hydroxyl groups is 1. The molecule has 0 spiro atoms. The molecule has 0 bridgehead atoms. The maximum atomic E-state index is 12.9.